The Kier molecular flexibility index (Phi) is 3.57. The molecule has 1 aromatic carbocycles. The number of aromatic nitrogens is 1. The maximum absolute atomic E-state index is 11.1. The molecule has 0 aliphatic rings. The fraction of sp³-hybridized carbons (Fsp3) is 0.250. The zero-order chi connectivity index (χ0) is 14.9. The number of nitrogens with zero attached hydrogens (tertiary/aromatic N) is 2. The van der Waals surface area contributed by atoms with Gasteiger partial charge in [0.05, 0.1) is 17.9 Å². The monoisotopic (exact) mass is 279 g/mol. The van der Waals surface area contributed by atoms with E-state index in [4.69, 9.17) is 10.2 Å². The lowest BCUT2D eigenvalue weighted by atomic mass is 10.1. The minimum atomic E-state index is -1.18. The fourth-order valence-corrected chi connectivity index (χ4v) is 1.68. The van der Waals surface area contributed by atoms with Crippen LogP contribution in [0.25, 0.3) is 0 Å². The van der Waals surface area contributed by atoms with E-state index in [1.165, 1.54) is 12.1 Å². The summed E-state index contributed by atoms with van der Waals surface area (Å²) >= 11 is 0. The molecule has 3 N–H and O–H groups in total. The van der Waals surface area contributed by atoms with Gasteiger partial charge in [-0.3, -0.25) is 15.0 Å². The van der Waals surface area contributed by atoms with E-state index in [9.17, 15) is 14.4 Å². The molecule has 0 saturated heterocycles. The topological polar surface area (TPSA) is 112 Å². The second kappa shape index (κ2) is 5.17. The second-order valence-electron chi connectivity index (χ2n) is 4.24. The zero-order valence-electron chi connectivity index (χ0n) is 10.7. The van der Waals surface area contributed by atoms with E-state index in [0.717, 1.165) is 4.68 Å². The van der Waals surface area contributed by atoms with Crippen LogP contribution in [0.3, 0.4) is 0 Å². The van der Waals surface area contributed by atoms with Crippen molar-refractivity contribution in [1.29, 1.82) is 0 Å². The van der Waals surface area contributed by atoms with E-state index in [1.54, 1.807) is 18.0 Å². The highest BCUT2D eigenvalue weighted by molar-refractivity contribution is 5.95. The maximum Gasteiger partial charge on any atom is 0.340 e. The lowest BCUT2D eigenvalue weighted by Crippen LogP contribution is -2.21. The van der Waals surface area contributed by atoms with Crippen molar-refractivity contribution in [3.8, 4) is 0 Å². The van der Waals surface area contributed by atoms with E-state index >= 15 is 0 Å². The number of aliphatic hydroxyl groups is 1. The van der Waals surface area contributed by atoms with Crippen molar-refractivity contribution in [1.82, 2.24) is 4.68 Å². The Morgan fingerprint density at radius 3 is 2.50 bits per heavy atom. The number of hydrogen-bond acceptors (Lipinski definition) is 6. The quantitative estimate of drug-likeness (QED) is 0.586. The number of rotatable bonds is 6. The average Bonchev–Trinajstić information content (AvgIpc) is 2.96. The van der Waals surface area contributed by atoms with Gasteiger partial charge in [-0.15, -0.1) is 0 Å². The van der Waals surface area contributed by atoms with Crippen LogP contribution in [-0.2, 0) is 0 Å². The molecule has 0 radical (unpaired) electrons. The number of aliphatic hydroxyl groups excluding tert-OH is 1. The predicted octanol–water partition coefficient (Wildman–Crippen LogP) is -0.914. The first-order valence-electron chi connectivity index (χ1n) is 5.80. The number of benzene rings is 1. The Hall–Kier alpha value is -2.61. The molecule has 8 nitrogen and oxygen atoms in total. The van der Waals surface area contributed by atoms with Gasteiger partial charge < -0.3 is 15.1 Å². The van der Waals surface area contributed by atoms with E-state index in [2.05, 4.69) is 5.43 Å². The van der Waals surface area contributed by atoms with Crippen molar-refractivity contribution in [3.05, 3.63) is 44.5 Å². The van der Waals surface area contributed by atoms with Gasteiger partial charge in [-0.05, 0) is 18.2 Å². The molecule has 2 rings (SSSR count). The standard InChI is InChI=1S/C12H13N3O5/c1-14(4-5-16)7-2-3-8(12(19)20)9(6-7)13-15-10(17)11(15)18/h2-3,6,13,16H,4-5H2,1H3,(H,19,20). The van der Waals surface area contributed by atoms with Crippen LogP contribution in [-0.4, -0.2) is 41.1 Å². The number of carbonyl (C=O) groups is 1. The molecule has 2 aromatic rings. The summed E-state index contributed by atoms with van der Waals surface area (Å²) in [6.07, 6.45) is 0. The molecular formula is C12H13N3O5. The number of anilines is 2. The van der Waals surface area contributed by atoms with Gasteiger partial charge in [0.15, 0.2) is 0 Å². The second-order valence-corrected chi connectivity index (χ2v) is 4.24. The van der Waals surface area contributed by atoms with Crippen molar-refractivity contribution in [2.45, 2.75) is 0 Å². The molecule has 0 saturated carbocycles. The molecular weight excluding hydrogens is 266 g/mol. The third kappa shape index (κ3) is 2.54. The molecule has 0 aliphatic heterocycles. The largest absolute Gasteiger partial charge is 0.478 e. The van der Waals surface area contributed by atoms with Gasteiger partial charge in [0.25, 0.3) is 0 Å². The van der Waals surface area contributed by atoms with Gasteiger partial charge in [-0.25, -0.2) is 4.79 Å². The third-order valence-corrected chi connectivity index (χ3v) is 2.88. The molecule has 0 bridgehead atoms. The van der Waals surface area contributed by atoms with Crippen LogP contribution in [0.1, 0.15) is 10.4 Å². The summed E-state index contributed by atoms with van der Waals surface area (Å²) in [4.78, 5) is 34.7. The number of nitrogens with one attached hydrogen (secondary N) is 1. The summed E-state index contributed by atoms with van der Waals surface area (Å²) in [6.45, 7) is 0.316. The molecule has 0 spiro atoms. The summed E-state index contributed by atoms with van der Waals surface area (Å²) in [6, 6.07) is 4.44. The fourth-order valence-electron chi connectivity index (χ4n) is 1.68. The minimum Gasteiger partial charge on any atom is -0.478 e. The molecule has 0 amide bonds. The van der Waals surface area contributed by atoms with Crippen molar-refractivity contribution in [2.24, 2.45) is 0 Å². The number of carboxylic acid groups (broad SMARTS) is 1. The summed E-state index contributed by atoms with van der Waals surface area (Å²) < 4.78 is 0.734. The highest BCUT2D eigenvalue weighted by Gasteiger charge is 2.19. The SMILES string of the molecule is CN(CCO)c1ccc(C(=O)O)c(Nn2c(=O)c2=O)c1. The smallest absolute Gasteiger partial charge is 0.340 e. The highest BCUT2D eigenvalue weighted by Crippen LogP contribution is 2.23. The van der Waals surface area contributed by atoms with Crippen molar-refractivity contribution in [2.75, 3.05) is 30.5 Å². The molecule has 8 heteroatoms. The van der Waals surface area contributed by atoms with E-state index < -0.39 is 17.1 Å². The number of hydrogen-bond donors (Lipinski definition) is 3. The first-order valence-corrected chi connectivity index (χ1v) is 5.80. The Morgan fingerprint density at radius 1 is 1.35 bits per heavy atom. The molecule has 0 atom stereocenters. The average molecular weight is 279 g/mol. The predicted molar refractivity (Wildman–Crippen MR) is 72.1 cm³/mol. The number of carboxylic acids is 1. The molecule has 0 fully saturated rings. The molecule has 1 aromatic heterocycles. The van der Waals surface area contributed by atoms with Gasteiger partial charge in [0, 0.05) is 19.3 Å². The van der Waals surface area contributed by atoms with E-state index in [1.807, 2.05) is 0 Å². The lowest BCUT2D eigenvalue weighted by Gasteiger charge is -2.19. The highest BCUT2D eigenvalue weighted by atomic mass is 16.4. The van der Waals surface area contributed by atoms with Gasteiger partial charge in [0.1, 0.15) is 0 Å². The Morgan fingerprint density at radius 2 is 2.00 bits per heavy atom. The third-order valence-electron chi connectivity index (χ3n) is 2.88. The van der Waals surface area contributed by atoms with Crippen LogP contribution < -0.4 is 21.4 Å². The Labute approximate surface area is 113 Å². The van der Waals surface area contributed by atoms with Gasteiger partial charge in [-0.2, -0.15) is 4.68 Å². The molecule has 20 heavy (non-hydrogen) atoms. The molecule has 1 heterocycles. The lowest BCUT2D eigenvalue weighted by molar-refractivity contribution is 0.0698. The number of likely N-dealkylation sites (N-methyl/N-ethyl adjacent to an activating group) is 1. The van der Waals surface area contributed by atoms with Crippen LogP contribution in [0.2, 0.25) is 0 Å². The number of aromatic carboxylic acids is 1. The molecule has 106 valence electrons. The van der Waals surface area contributed by atoms with E-state index in [0.29, 0.717) is 12.2 Å². The van der Waals surface area contributed by atoms with Crippen LogP contribution in [0.4, 0.5) is 11.4 Å². The van der Waals surface area contributed by atoms with E-state index in [-0.39, 0.29) is 17.9 Å². The van der Waals surface area contributed by atoms with Crippen molar-refractivity contribution < 1.29 is 15.0 Å². The summed E-state index contributed by atoms with van der Waals surface area (Å²) in [5, 5.41) is 18.0. The van der Waals surface area contributed by atoms with Crippen LogP contribution in [0.15, 0.2) is 27.8 Å². The van der Waals surface area contributed by atoms with Gasteiger partial charge in [-0.1, -0.05) is 0 Å². The van der Waals surface area contributed by atoms with Gasteiger partial charge >= 0.3 is 17.1 Å². The van der Waals surface area contributed by atoms with Crippen molar-refractivity contribution >= 4 is 17.3 Å². The summed E-state index contributed by atoms with van der Waals surface area (Å²) in [5.41, 5.74) is 1.77. The normalized spacial score (nSPS) is 10.7. The zero-order valence-corrected chi connectivity index (χ0v) is 10.7. The Bertz CT molecular complexity index is 689. The minimum absolute atomic E-state index is 0.0525. The van der Waals surface area contributed by atoms with Crippen LogP contribution in [0.5, 0.6) is 0 Å². The summed E-state index contributed by atoms with van der Waals surface area (Å²) in [7, 11) is 1.73. The maximum atomic E-state index is 11.1. The molecule has 0 unspecified atom stereocenters. The summed E-state index contributed by atoms with van der Waals surface area (Å²) in [5.74, 6) is -1.18. The van der Waals surface area contributed by atoms with Crippen LogP contribution >= 0.6 is 0 Å². The Balaban J connectivity index is 2.37. The first-order chi connectivity index (χ1) is 9.45. The van der Waals surface area contributed by atoms with Crippen LogP contribution in [0, 0.1) is 0 Å². The van der Waals surface area contributed by atoms with Gasteiger partial charge in [0.2, 0.25) is 0 Å². The first kappa shape index (κ1) is 13.8. The molecule has 0 aliphatic carbocycles. The van der Waals surface area contributed by atoms with Crippen molar-refractivity contribution in [3.63, 3.8) is 0 Å².